The third-order valence-electron chi connectivity index (χ3n) is 4.03. The Kier molecular flexibility index (Phi) is 5.71. The first-order valence-corrected chi connectivity index (χ1v) is 8.44. The number of carbonyl (C=O) groups excluding carboxylic acids is 1. The maximum absolute atomic E-state index is 12.5. The van der Waals surface area contributed by atoms with Crippen LogP contribution in [0, 0.1) is 0 Å². The topological polar surface area (TPSA) is 54.7 Å². The molecular weight excluding hydrogens is 328 g/mol. The molecule has 1 atom stereocenters. The number of carbonyl (C=O) groups is 1. The summed E-state index contributed by atoms with van der Waals surface area (Å²) in [5, 5.41) is 2.96. The van der Waals surface area contributed by atoms with Crippen LogP contribution in [0.1, 0.15) is 22.2 Å². The lowest BCUT2D eigenvalue weighted by Crippen LogP contribution is -2.34. The van der Waals surface area contributed by atoms with Crippen LogP contribution in [0.3, 0.4) is 0 Å². The zero-order valence-electron chi connectivity index (χ0n) is 14.9. The van der Waals surface area contributed by atoms with Gasteiger partial charge in [0, 0.05) is 12.1 Å². The van der Waals surface area contributed by atoms with Gasteiger partial charge >= 0.3 is 0 Å². The van der Waals surface area contributed by atoms with Gasteiger partial charge < -0.3 is 14.5 Å². The van der Waals surface area contributed by atoms with Gasteiger partial charge in [-0.05, 0) is 56.6 Å². The summed E-state index contributed by atoms with van der Waals surface area (Å²) in [6.07, 6.45) is 1.64. The predicted octanol–water partition coefficient (Wildman–Crippen LogP) is 4.10. The van der Waals surface area contributed by atoms with Crippen LogP contribution in [0.2, 0.25) is 0 Å². The molecule has 0 bridgehead atoms. The lowest BCUT2D eigenvalue weighted by Gasteiger charge is -2.22. The van der Waals surface area contributed by atoms with Gasteiger partial charge in [0.25, 0.3) is 5.91 Å². The van der Waals surface area contributed by atoms with Crippen LogP contribution < -0.4 is 10.1 Å². The first-order valence-electron chi connectivity index (χ1n) is 8.44. The van der Waals surface area contributed by atoms with E-state index in [2.05, 4.69) is 5.32 Å². The van der Waals surface area contributed by atoms with E-state index >= 15 is 0 Å². The van der Waals surface area contributed by atoms with Gasteiger partial charge in [-0.15, -0.1) is 0 Å². The monoisotopic (exact) mass is 350 g/mol. The summed E-state index contributed by atoms with van der Waals surface area (Å²) in [5.41, 5.74) is 0.551. The van der Waals surface area contributed by atoms with Crippen molar-refractivity contribution in [1.82, 2.24) is 10.2 Å². The summed E-state index contributed by atoms with van der Waals surface area (Å²) in [7, 11) is 3.90. The molecule has 5 nitrogen and oxygen atoms in total. The maximum Gasteiger partial charge on any atom is 0.251 e. The molecule has 134 valence electrons. The molecule has 0 saturated carbocycles. The molecule has 1 N–H and O–H groups in total. The summed E-state index contributed by atoms with van der Waals surface area (Å²) in [5.74, 6) is 2.02. The van der Waals surface area contributed by atoms with Crippen molar-refractivity contribution in [3.05, 3.63) is 84.3 Å². The zero-order chi connectivity index (χ0) is 18.4. The van der Waals surface area contributed by atoms with Gasteiger partial charge in [0.2, 0.25) is 0 Å². The molecular formula is C21H22N2O3. The van der Waals surface area contributed by atoms with E-state index in [0.29, 0.717) is 17.9 Å². The van der Waals surface area contributed by atoms with Crippen LogP contribution >= 0.6 is 0 Å². The first-order chi connectivity index (χ1) is 12.6. The van der Waals surface area contributed by atoms with Crippen molar-refractivity contribution in [1.29, 1.82) is 0 Å². The Bertz CT molecular complexity index is 829. The van der Waals surface area contributed by atoms with E-state index in [1.807, 2.05) is 73.6 Å². The SMILES string of the molecule is CN(C)[C@@H](CNC(=O)c1cccc(Oc2ccccc2)c1)c1ccco1. The number of rotatable bonds is 7. The smallest absolute Gasteiger partial charge is 0.251 e. The van der Waals surface area contributed by atoms with Crippen molar-refractivity contribution >= 4 is 5.91 Å². The quantitative estimate of drug-likeness (QED) is 0.697. The average Bonchev–Trinajstić information content (AvgIpc) is 3.17. The Hall–Kier alpha value is -3.05. The molecule has 2 aromatic carbocycles. The number of para-hydroxylation sites is 1. The van der Waals surface area contributed by atoms with Crippen LogP contribution in [0.15, 0.2) is 77.4 Å². The number of nitrogens with one attached hydrogen (secondary N) is 1. The van der Waals surface area contributed by atoms with E-state index in [4.69, 9.17) is 9.15 Å². The summed E-state index contributed by atoms with van der Waals surface area (Å²) in [6, 6.07) is 20.3. The van der Waals surface area contributed by atoms with Crippen molar-refractivity contribution in [3.63, 3.8) is 0 Å². The van der Waals surface area contributed by atoms with Gasteiger partial charge in [-0.3, -0.25) is 9.69 Å². The second kappa shape index (κ2) is 8.36. The van der Waals surface area contributed by atoms with Crippen molar-refractivity contribution in [2.24, 2.45) is 0 Å². The van der Waals surface area contributed by atoms with E-state index in [0.717, 1.165) is 11.5 Å². The molecule has 0 saturated heterocycles. The summed E-state index contributed by atoms with van der Waals surface area (Å²) in [6.45, 7) is 0.448. The minimum absolute atomic E-state index is 0.0299. The van der Waals surface area contributed by atoms with Crippen molar-refractivity contribution in [2.75, 3.05) is 20.6 Å². The Morgan fingerprint density at radius 3 is 2.50 bits per heavy atom. The van der Waals surface area contributed by atoms with E-state index < -0.39 is 0 Å². The molecule has 0 radical (unpaired) electrons. The second-order valence-electron chi connectivity index (χ2n) is 6.15. The molecule has 3 rings (SSSR count). The van der Waals surface area contributed by atoms with Crippen LogP contribution in [0.5, 0.6) is 11.5 Å². The number of hydrogen-bond donors (Lipinski definition) is 1. The van der Waals surface area contributed by atoms with Gasteiger partial charge in [-0.2, -0.15) is 0 Å². The van der Waals surface area contributed by atoms with Crippen LogP contribution in [0.4, 0.5) is 0 Å². The summed E-state index contributed by atoms with van der Waals surface area (Å²) < 4.78 is 11.3. The highest BCUT2D eigenvalue weighted by molar-refractivity contribution is 5.94. The molecule has 3 aromatic rings. The minimum Gasteiger partial charge on any atom is -0.468 e. The normalized spacial score (nSPS) is 12.0. The van der Waals surface area contributed by atoms with E-state index in [9.17, 15) is 4.79 Å². The second-order valence-corrected chi connectivity index (χ2v) is 6.15. The molecule has 5 heteroatoms. The van der Waals surface area contributed by atoms with Gasteiger partial charge in [0.05, 0.1) is 12.3 Å². The standard InChI is InChI=1S/C21H22N2O3/c1-23(2)19(20-12-7-13-25-20)15-22-21(24)16-8-6-11-18(14-16)26-17-9-4-3-5-10-17/h3-14,19H,15H2,1-2H3,(H,22,24)/t19-/m0/s1. The van der Waals surface area contributed by atoms with Gasteiger partial charge in [-0.25, -0.2) is 0 Å². The molecule has 1 heterocycles. The highest BCUT2D eigenvalue weighted by Gasteiger charge is 2.18. The lowest BCUT2D eigenvalue weighted by atomic mass is 10.1. The van der Waals surface area contributed by atoms with Crippen LogP contribution in [-0.4, -0.2) is 31.4 Å². The number of ether oxygens (including phenoxy) is 1. The van der Waals surface area contributed by atoms with Crippen molar-refractivity contribution in [2.45, 2.75) is 6.04 Å². The molecule has 26 heavy (non-hydrogen) atoms. The Morgan fingerprint density at radius 2 is 1.81 bits per heavy atom. The van der Waals surface area contributed by atoms with Gasteiger partial charge in [-0.1, -0.05) is 24.3 Å². The molecule has 0 aliphatic carbocycles. The lowest BCUT2D eigenvalue weighted by molar-refractivity contribution is 0.0938. The number of hydrogen-bond acceptors (Lipinski definition) is 4. The Morgan fingerprint density at radius 1 is 1.04 bits per heavy atom. The Balaban J connectivity index is 1.65. The fraction of sp³-hybridized carbons (Fsp3) is 0.190. The summed E-state index contributed by atoms with van der Waals surface area (Å²) >= 11 is 0. The number of benzene rings is 2. The molecule has 0 unspecified atom stereocenters. The third-order valence-corrected chi connectivity index (χ3v) is 4.03. The Labute approximate surface area is 153 Å². The predicted molar refractivity (Wildman–Crippen MR) is 100 cm³/mol. The minimum atomic E-state index is -0.151. The van der Waals surface area contributed by atoms with Crippen molar-refractivity contribution < 1.29 is 13.9 Å². The van der Waals surface area contributed by atoms with E-state index in [1.54, 1.807) is 18.4 Å². The van der Waals surface area contributed by atoms with Gasteiger partial charge in [0.15, 0.2) is 0 Å². The van der Waals surface area contributed by atoms with E-state index in [-0.39, 0.29) is 11.9 Å². The molecule has 0 fully saturated rings. The van der Waals surface area contributed by atoms with Crippen LogP contribution in [-0.2, 0) is 0 Å². The average molecular weight is 350 g/mol. The summed E-state index contributed by atoms with van der Waals surface area (Å²) in [4.78, 5) is 14.5. The largest absolute Gasteiger partial charge is 0.468 e. The number of nitrogens with zero attached hydrogens (tertiary/aromatic N) is 1. The van der Waals surface area contributed by atoms with E-state index in [1.165, 1.54) is 0 Å². The number of amides is 1. The molecule has 0 aliphatic heterocycles. The fourth-order valence-electron chi connectivity index (χ4n) is 2.64. The number of furan rings is 1. The fourth-order valence-corrected chi connectivity index (χ4v) is 2.64. The molecule has 0 spiro atoms. The highest BCUT2D eigenvalue weighted by atomic mass is 16.5. The van der Waals surface area contributed by atoms with Gasteiger partial charge in [0.1, 0.15) is 17.3 Å². The number of likely N-dealkylation sites (N-methyl/N-ethyl adjacent to an activating group) is 1. The highest BCUT2D eigenvalue weighted by Crippen LogP contribution is 2.22. The maximum atomic E-state index is 12.5. The third kappa shape index (κ3) is 4.52. The molecule has 1 amide bonds. The molecule has 0 aliphatic rings. The zero-order valence-corrected chi connectivity index (χ0v) is 14.9. The first kappa shape index (κ1) is 17.8. The molecule has 1 aromatic heterocycles. The van der Waals surface area contributed by atoms with Crippen LogP contribution in [0.25, 0.3) is 0 Å². The van der Waals surface area contributed by atoms with Crippen molar-refractivity contribution in [3.8, 4) is 11.5 Å².